The van der Waals surface area contributed by atoms with E-state index in [4.69, 9.17) is 5.10 Å². The number of rotatable bonds is 7. The molecule has 7 nitrogen and oxygen atoms in total. The van der Waals surface area contributed by atoms with Crippen LogP contribution in [-0.4, -0.2) is 53.8 Å². The predicted molar refractivity (Wildman–Crippen MR) is 130 cm³/mol. The Balaban J connectivity index is 1.50. The van der Waals surface area contributed by atoms with Gasteiger partial charge in [0.2, 0.25) is 15.9 Å². The predicted octanol–water partition coefficient (Wildman–Crippen LogP) is 3.15. The first-order chi connectivity index (χ1) is 15.9. The molecule has 1 aliphatic heterocycles. The molecular weight excluding hydrogens is 436 g/mol. The molecule has 2 aromatic carbocycles. The zero-order chi connectivity index (χ0) is 23.3. The smallest absolute Gasteiger partial charge is 0.244 e. The molecule has 0 saturated carbocycles. The van der Waals surface area contributed by atoms with Crippen molar-refractivity contribution in [2.75, 3.05) is 19.3 Å². The standard InChI is InChI=1S/C25H28N4O3S/c1-33(31,32)29-16-8-13-23(19-29)26-24(30)15-14-22-18-28(17-20-9-4-2-5-10-20)27-25(22)21-11-6-3-7-12-21/h2-7,9-12,14-15,18,23H,8,13,16-17,19H2,1H3,(H,26,30)/b15-14+. The van der Waals surface area contributed by atoms with Gasteiger partial charge in [-0.15, -0.1) is 0 Å². The molecule has 0 spiro atoms. The minimum Gasteiger partial charge on any atom is -0.348 e. The number of piperidine rings is 1. The molecule has 1 aromatic heterocycles. The van der Waals surface area contributed by atoms with Crippen LogP contribution >= 0.6 is 0 Å². The van der Waals surface area contributed by atoms with E-state index in [1.165, 1.54) is 16.6 Å². The van der Waals surface area contributed by atoms with Crippen LogP contribution in [0, 0.1) is 0 Å². The van der Waals surface area contributed by atoms with E-state index in [0.717, 1.165) is 35.2 Å². The highest BCUT2D eigenvalue weighted by molar-refractivity contribution is 7.88. The van der Waals surface area contributed by atoms with Gasteiger partial charge in [0.1, 0.15) is 0 Å². The molecule has 1 amide bonds. The van der Waals surface area contributed by atoms with Crippen molar-refractivity contribution < 1.29 is 13.2 Å². The largest absolute Gasteiger partial charge is 0.348 e. The van der Waals surface area contributed by atoms with E-state index in [9.17, 15) is 13.2 Å². The molecular formula is C25H28N4O3S. The van der Waals surface area contributed by atoms with Crippen LogP contribution in [0.5, 0.6) is 0 Å². The van der Waals surface area contributed by atoms with Crippen LogP contribution in [0.15, 0.2) is 72.9 Å². The summed E-state index contributed by atoms with van der Waals surface area (Å²) < 4.78 is 26.9. The number of nitrogens with zero attached hydrogens (tertiary/aromatic N) is 3. The van der Waals surface area contributed by atoms with Gasteiger partial charge in [-0.05, 0) is 24.5 Å². The second-order valence-electron chi connectivity index (χ2n) is 8.28. The molecule has 33 heavy (non-hydrogen) atoms. The van der Waals surface area contributed by atoms with Crippen LogP contribution in [-0.2, 0) is 21.4 Å². The highest BCUT2D eigenvalue weighted by Crippen LogP contribution is 2.23. The minimum atomic E-state index is -3.26. The molecule has 0 aliphatic carbocycles. The summed E-state index contributed by atoms with van der Waals surface area (Å²) >= 11 is 0. The molecule has 8 heteroatoms. The monoisotopic (exact) mass is 464 g/mol. The van der Waals surface area contributed by atoms with Crippen molar-refractivity contribution in [2.24, 2.45) is 0 Å². The average molecular weight is 465 g/mol. The zero-order valence-corrected chi connectivity index (χ0v) is 19.4. The van der Waals surface area contributed by atoms with Gasteiger partial charge in [-0.3, -0.25) is 9.48 Å². The number of carbonyl (C=O) groups is 1. The lowest BCUT2D eigenvalue weighted by Gasteiger charge is -2.31. The van der Waals surface area contributed by atoms with Gasteiger partial charge in [-0.1, -0.05) is 60.7 Å². The van der Waals surface area contributed by atoms with Gasteiger partial charge in [0.15, 0.2) is 0 Å². The van der Waals surface area contributed by atoms with Crippen LogP contribution < -0.4 is 5.32 Å². The van der Waals surface area contributed by atoms with Gasteiger partial charge < -0.3 is 5.32 Å². The number of nitrogens with one attached hydrogen (secondary N) is 1. The fraction of sp³-hybridized carbons (Fsp3) is 0.280. The minimum absolute atomic E-state index is 0.194. The van der Waals surface area contributed by atoms with Crippen LogP contribution in [0.1, 0.15) is 24.0 Å². The Morgan fingerprint density at radius 1 is 1.12 bits per heavy atom. The first kappa shape index (κ1) is 22.9. The van der Waals surface area contributed by atoms with E-state index in [-0.39, 0.29) is 11.9 Å². The van der Waals surface area contributed by atoms with Gasteiger partial charge in [0, 0.05) is 42.5 Å². The second-order valence-corrected chi connectivity index (χ2v) is 10.3. The van der Waals surface area contributed by atoms with Crippen molar-refractivity contribution in [3.05, 3.63) is 84.1 Å². The van der Waals surface area contributed by atoms with E-state index in [2.05, 4.69) is 17.4 Å². The third-order valence-corrected chi connectivity index (χ3v) is 6.91. The molecule has 1 aliphatic rings. The van der Waals surface area contributed by atoms with E-state index < -0.39 is 10.0 Å². The normalized spacial score (nSPS) is 17.3. The number of aromatic nitrogens is 2. The molecule has 0 radical (unpaired) electrons. The maximum Gasteiger partial charge on any atom is 0.244 e. The molecule has 1 saturated heterocycles. The number of hydrogen-bond donors (Lipinski definition) is 1. The molecule has 3 aromatic rings. The quantitative estimate of drug-likeness (QED) is 0.545. The number of hydrogen-bond acceptors (Lipinski definition) is 4. The first-order valence-electron chi connectivity index (χ1n) is 11.0. The van der Waals surface area contributed by atoms with Crippen molar-refractivity contribution in [3.8, 4) is 11.3 Å². The van der Waals surface area contributed by atoms with E-state index in [0.29, 0.717) is 19.6 Å². The maximum atomic E-state index is 12.6. The molecule has 0 bridgehead atoms. The Kier molecular flexibility index (Phi) is 7.05. The van der Waals surface area contributed by atoms with Crippen molar-refractivity contribution in [3.63, 3.8) is 0 Å². The van der Waals surface area contributed by atoms with Gasteiger partial charge >= 0.3 is 0 Å². The molecule has 2 heterocycles. The summed E-state index contributed by atoms with van der Waals surface area (Å²) in [6, 6.07) is 19.8. The van der Waals surface area contributed by atoms with Gasteiger partial charge in [-0.25, -0.2) is 12.7 Å². The Labute approximate surface area is 194 Å². The van der Waals surface area contributed by atoms with Crippen molar-refractivity contribution in [1.29, 1.82) is 0 Å². The Bertz CT molecular complexity index is 1220. The zero-order valence-electron chi connectivity index (χ0n) is 18.6. The second kappa shape index (κ2) is 10.1. The summed E-state index contributed by atoms with van der Waals surface area (Å²) in [4.78, 5) is 12.6. The molecule has 1 unspecified atom stereocenters. The van der Waals surface area contributed by atoms with Crippen molar-refractivity contribution in [1.82, 2.24) is 19.4 Å². The summed E-state index contributed by atoms with van der Waals surface area (Å²) in [6.07, 6.45) is 7.89. The lowest BCUT2D eigenvalue weighted by molar-refractivity contribution is -0.117. The van der Waals surface area contributed by atoms with E-state index >= 15 is 0 Å². The van der Waals surface area contributed by atoms with Crippen LogP contribution in [0.25, 0.3) is 17.3 Å². The van der Waals surface area contributed by atoms with Crippen LogP contribution in [0.4, 0.5) is 0 Å². The third kappa shape index (κ3) is 6.18. The van der Waals surface area contributed by atoms with E-state index in [1.807, 2.05) is 59.4 Å². The highest BCUT2D eigenvalue weighted by Gasteiger charge is 2.26. The Hall–Kier alpha value is -3.23. The Morgan fingerprint density at radius 2 is 1.82 bits per heavy atom. The number of amides is 1. The highest BCUT2D eigenvalue weighted by atomic mass is 32.2. The molecule has 1 N–H and O–H groups in total. The number of carbonyl (C=O) groups excluding carboxylic acids is 1. The molecule has 172 valence electrons. The lowest BCUT2D eigenvalue weighted by atomic mass is 10.1. The average Bonchev–Trinajstić information content (AvgIpc) is 3.21. The van der Waals surface area contributed by atoms with E-state index in [1.54, 1.807) is 6.08 Å². The third-order valence-electron chi connectivity index (χ3n) is 5.64. The van der Waals surface area contributed by atoms with Gasteiger partial charge in [0.25, 0.3) is 0 Å². The summed E-state index contributed by atoms with van der Waals surface area (Å²) in [7, 11) is -3.26. The fourth-order valence-electron chi connectivity index (χ4n) is 4.01. The van der Waals surface area contributed by atoms with Crippen molar-refractivity contribution in [2.45, 2.75) is 25.4 Å². The van der Waals surface area contributed by atoms with Gasteiger partial charge in [-0.2, -0.15) is 5.10 Å². The van der Waals surface area contributed by atoms with Crippen molar-refractivity contribution >= 4 is 22.0 Å². The summed E-state index contributed by atoms with van der Waals surface area (Å²) in [6.45, 7) is 1.44. The summed E-state index contributed by atoms with van der Waals surface area (Å²) in [5, 5.41) is 7.70. The number of benzene rings is 2. The topological polar surface area (TPSA) is 84.3 Å². The summed E-state index contributed by atoms with van der Waals surface area (Å²) in [5.41, 5.74) is 3.76. The Morgan fingerprint density at radius 3 is 2.52 bits per heavy atom. The molecule has 4 rings (SSSR count). The first-order valence-corrected chi connectivity index (χ1v) is 12.8. The summed E-state index contributed by atoms with van der Waals surface area (Å²) in [5.74, 6) is -0.245. The molecule has 1 atom stereocenters. The van der Waals surface area contributed by atoms with Crippen LogP contribution in [0.2, 0.25) is 0 Å². The van der Waals surface area contributed by atoms with Crippen LogP contribution in [0.3, 0.4) is 0 Å². The maximum absolute atomic E-state index is 12.6. The number of sulfonamides is 1. The fourth-order valence-corrected chi connectivity index (χ4v) is 4.92. The molecule has 1 fully saturated rings. The SMILES string of the molecule is CS(=O)(=O)N1CCCC(NC(=O)/C=C/c2cn(Cc3ccccc3)nc2-c2ccccc2)C1. The van der Waals surface area contributed by atoms with Gasteiger partial charge in [0.05, 0.1) is 18.5 Å². The lowest BCUT2D eigenvalue weighted by Crippen LogP contribution is -2.48.